The summed E-state index contributed by atoms with van der Waals surface area (Å²) in [5.41, 5.74) is 11.8. The first-order valence-corrected chi connectivity index (χ1v) is 15.3. The Labute approximate surface area is 205 Å². The summed E-state index contributed by atoms with van der Waals surface area (Å²) in [7, 11) is -4.67. The van der Waals surface area contributed by atoms with E-state index in [-0.39, 0.29) is 0 Å². The Hall–Kier alpha value is -0.210. The largest absolute Gasteiger partial charge is 0.394 e. The van der Waals surface area contributed by atoms with Gasteiger partial charge in [-0.25, -0.2) is 0 Å². The fourth-order valence-electron chi connectivity index (χ4n) is 5.03. The van der Waals surface area contributed by atoms with Crippen LogP contribution in [0.1, 0.15) is 142 Å². The average Bonchev–Trinajstić information content (AvgIpc) is 2.75. The molecule has 2 saturated carbocycles. The van der Waals surface area contributed by atoms with Crippen LogP contribution < -0.4 is 11.5 Å². The van der Waals surface area contributed by atoms with Gasteiger partial charge < -0.3 is 11.5 Å². The van der Waals surface area contributed by atoms with E-state index in [0.717, 1.165) is 11.8 Å². The summed E-state index contributed by atoms with van der Waals surface area (Å²) in [4.78, 5) is 0. The number of hydrogen-bond donors (Lipinski definition) is 4. The molecule has 2 rings (SSSR count). The van der Waals surface area contributed by atoms with E-state index >= 15 is 0 Å². The predicted octanol–water partition coefficient (Wildman–Crippen LogP) is 7.08. The molecule has 0 aliphatic heterocycles. The molecule has 0 unspecified atom stereocenters. The molecule has 2 fully saturated rings. The molecule has 0 aromatic carbocycles. The molecule has 0 aromatic heterocycles. The first kappa shape index (κ1) is 32.8. The summed E-state index contributed by atoms with van der Waals surface area (Å²) < 4.78 is 31.6. The van der Waals surface area contributed by atoms with Gasteiger partial charge in [0, 0.05) is 12.1 Å². The fraction of sp³-hybridized carbons (Fsp3) is 1.00. The SMILES string of the molecule is CCCCCCCC1CCC(N)CC1.CCCCCCCC1CCC(N)CC1.O=S(=O)(O)O. The van der Waals surface area contributed by atoms with Gasteiger partial charge in [-0.15, -0.1) is 0 Å². The van der Waals surface area contributed by atoms with E-state index in [0.29, 0.717) is 12.1 Å². The van der Waals surface area contributed by atoms with Crippen molar-refractivity contribution in [2.24, 2.45) is 23.3 Å². The molecule has 200 valence electrons. The topological polar surface area (TPSA) is 127 Å². The van der Waals surface area contributed by atoms with Crippen LogP contribution in [0.5, 0.6) is 0 Å². The molecule has 0 radical (unpaired) electrons. The van der Waals surface area contributed by atoms with Gasteiger partial charge in [-0.05, 0) is 63.2 Å². The van der Waals surface area contributed by atoms with Gasteiger partial charge in [0.2, 0.25) is 0 Å². The van der Waals surface area contributed by atoms with E-state index < -0.39 is 10.4 Å². The molecular weight excluding hydrogens is 436 g/mol. The molecule has 0 saturated heterocycles. The van der Waals surface area contributed by atoms with Gasteiger partial charge in [0.15, 0.2) is 0 Å². The van der Waals surface area contributed by atoms with Crippen molar-refractivity contribution >= 4 is 10.4 Å². The highest BCUT2D eigenvalue weighted by atomic mass is 32.3. The van der Waals surface area contributed by atoms with Crippen LogP contribution in [0.3, 0.4) is 0 Å². The Bertz CT molecular complexity index is 474. The minimum Gasteiger partial charge on any atom is -0.328 e. The smallest absolute Gasteiger partial charge is 0.328 e. The van der Waals surface area contributed by atoms with Crippen LogP contribution in [0, 0.1) is 11.8 Å². The van der Waals surface area contributed by atoms with Crippen LogP contribution >= 0.6 is 0 Å². The quantitative estimate of drug-likeness (QED) is 0.170. The maximum absolute atomic E-state index is 8.74. The molecule has 0 amide bonds. The van der Waals surface area contributed by atoms with Crippen LogP contribution in [0.2, 0.25) is 0 Å². The highest BCUT2D eigenvalue weighted by molar-refractivity contribution is 7.79. The molecule has 2 aliphatic carbocycles. The van der Waals surface area contributed by atoms with Crippen molar-refractivity contribution in [3.63, 3.8) is 0 Å². The summed E-state index contributed by atoms with van der Waals surface area (Å²) in [6.45, 7) is 4.56. The third-order valence-corrected chi connectivity index (χ3v) is 7.21. The lowest BCUT2D eigenvalue weighted by Crippen LogP contribution is -2.26. The second-order valence-electron chi connectivity index (χ2n) is 10.4. The van der Waals surface area contributed by atoms with E-state index in [4.69, 9.17) is 29.0 Å². The number of nitrogens with two attached hydrogens (primary N) is 2. The zero-order valence-electron chi connectivity index (χ0n) is 21.7. The van der Waals surface area contributed by atoms with Crippen molar-refractivity contribution in [1.82, 2.24) is 0 Å². The summed E-state index contributed by atoms with van der Waals surface area (Å²) in [6.07, 6.45) is 27.9. The van der Waals surface area contributed by atoms with E-state index in [1.54, 1.807) is 0 Å². The van der Waals surface area contributed by atoms with Crippen molar-refractivity contribution in [3.8, 4) is 0 Å². The maximum atomic E-state index is 8.74. The van der Waals surface area contributed by atoms with Gasteiger partial charge >= 0.3 is 10.4 Å². The second kappa shape index (κ2) is 21.1. The summed E-state index contributed by atoms with van der Waals surface area (Å²) in [6, 6.07) is 1.04. The van der Waals surface area contributed by atoms with Gasteiger partial charge in [0.25, 0.3) is 0 Å². The van der Waals surface area contributed by atoms with E-state index in [1.807, 2.05) is 0 Å². The van der Waals surface area contributed by atoms with E-state index in [1.165, 1.54) is 128 Å². The summed E-state index contributed by atoms with van der Waals surface area (Å²) >= 11 is 0. The molecule has 0 heterocycles. The molecule has 33 heavy (non-hydrogen) atoms. The molecule has 0 atom stereocenters. The lowest BCUT2D eigenvalue weighted by molar-refractivity contribution is 0.302. The lowest BCUT2D eigenvalue weighted by atomic mass is 9.83. The number of unbranched alkanes of at least 4 members (excludes halogenated alkanes) is 8. The van der Waals surface area contributed by atoms with Crippen molar-refractivity contribution in [2.75, 3.05) is 0 Å². The molecule has 6 N–H and O–H groups in total. The van der Waals surface area contributed by atoms with Crippen molar-refractivity contribution < 1.29 is 17.5 Å². The zero-order chi connectivity index (χ0) is 25.0. The highest BCUT2D eigenvalue weighted by Gasteiger charge is 2.18. The third-order valence-electron chi connectivity index (χ3n) is 7.21. The number of rotatable bonds is 12. The Morgan fingerprint density at radius 3 is 1.12 bits per heavy atom. The minimum atomic E-state index is -4.67. The first-order valence-electron chi connectivity index (χ1n) is 13.9. The predicted molar refractivity (Wildman–Crippen MR) is 141 cm³/mol. The van der Waals surface area contributed by atoms with Crippen molar-refractivity contribution in [3.05, 3.63) is 0 Å². The molecule has 2 aliphatic rings. The number of hydrogen-bond acceptors (Lipinski definition) is 4. The average molecular weight is 493 g/mol. The molecule has 6 nitrogen and oxygen atoms in total. The van der Waals surface area contributed by atoms with Gasteiger partial charge in [0.05, 0.1) is 0 Å². The highest BCUT2D eigenvalue weighted by Crippen LogP contribution is 2.28. The van der Waals surface area contributed by atoms with Gasteiger partial charge in [-0.1, -0.05) is 90.9 Å². The van der Waals surface area contributed by atoms with Gasteiger partial charge in [-0.2, -0.15) is 8.42 Å². The van der Waals surface area contributed by atoms with Crippen LogP contribution in [0.25, 0.3) is 0 Å². The molecule has 0 bridgehead atoms. The molecule has 0 spiro atoms. The second-order valence-corrected chi connectivity index (χ2v) is 11.3. The standard InChI is InChI=1S/2C13H27N.H2O4S/c2*1-2-3-4-5-6-7-12-8-10-13(14)11-9-12;1-5(2,3)4/h2*12-13H,2-11,14H2,1H3;(H2,1,2,3,4). The fourth-order valence-corrected chi connectivity index (χ4v) is 5.03. The van der Waals surface area contributed by atoms with Crippen LogP contribution in [-0.2, 0) is 10.4 Å². The molecule has 0 aromatic rings. The lowest BCUT2D eigenvalue weighted by Gasteiger charge is -2.25. The Kier molecular flexibility index (Phi) is 21.0. The summed E-state index contributed by atoms with van der Waals surface area (Å²) in [5.74, 6) is 2.02. The van der Waals surface area contributed by atoms with E-state index in [2.05, 4.69) is 13.8 Å². The van der Waals surface area contributed by atoms with E-state index in [9.17, 15) is 0 Å². The van der Waals surface area contributed by atoms with Crippen LogP contribution in [0.15, 0.2) is 0 Å². The van der Waals surface area contributed by atoms with Gasteiger partial charge in [-0.3, -0.25) is 9.11 Å². The normalized spacial score (nSPS) is 25.4. The van der Waals surface area contributed by atoms with Crippen LogP contribution in [-0.4, -0.2) is 29.6 Å². The van der Waals surface area contributed by atoms with Gasteiger partial charge in [0.1, 0.15) is 0 Å². The third kappa shape index (κ3) is 24.7. The monoisotopic (exact) mass is 492 g/mol. The summed E-state index contributed by atoms with van der Waals surface area (Å²) in [5, 5.41) is 0. The van der Waals surface area contributed by atoms with Crippen molar-refractivity contribution in [2.45, 2.75) is 154 Å². The Morgan fingerprint density at radius 2 is 0.848 bits per heavy atom. The molecular formula is C26H56N2O4S. The Morgan fingerprint density at radius 1 is 0.576 bits per heavy atom. The molecule has 7 heteroatoms. The zero-order valence-corrected chi connectivity index (χ0v) is 22.5. The van der Waals surface area contributed by atoms with Crippen LogP contribution in [0.4, 0.5) is 0 Å². The Balaban J connectivity index is 0.000000517. The van der Waals surface area contributed by atoms with Crippen molar-refractivity contribution in [1.29, 1.82) is 0 Å². The first-order chi connectivity index (χ1) is 15.7. The maximum Gasteiger partial charge on any atom is 0.394 e. The minimum absolute atomic E-state index is 0.520.